The minimum absolute atomic E-state index is 0.0992. The number of hydrogen-bond acceptors (Lipinski definition) is 8. The van der Waals surface area contributed by atoms with Gasteiger partial charge in [0.15, 0.2) is 6.17 Å². The van der Waals surface area contributed by atoms with Gasteiger partial charge in [-0.1, -0.05) is 32.6 Å². The predicted molar refractivity (Wildman–Crippen MR) is 103 cm³/mol. The Labute approximate surface area is 179 Å². The maximum atomic E-state index is 14.6. The molecule has 1 heterocycles. The van der Waals surface area contributed by atoms with Gasteiger partial charge in [-0.05, 0) is 6.42 Å². The van der Waals surface area contributed by atoms with Crippen molar-refractivity contribution < 1.29 is 48.0 Å². The molecule has 0 radical (unpaired) electrons. The van der Waals surface area contributed by atoms with Crippen molar-refractivity contribution in [1.29, 1.82) is 0 Å². The molecule has 0 aromatic carbocycles. The second-order valence-electron chi connectivity index (χ2n) is 7.64. The lowest BCUT2D eigenvalue weighted by atomic mass is 9.86. The number of amides is 1. The van der Waals surface area contributed by atoms with Crippen LogP contribution in [0.25, 0.3) is 0 Å². The Morgan fingerprint density at radius 2 is 1.84 bits per heavy atom. The molecule has 0 saturated carbocycles. The maximum Gasteiger partial charge on any atom is 0.372 e. The molecule has 1 fully saturated rings. The molecule has 1 aliphatic heterocycles. The highest BCUT2D eigenvalue weighted by atomic mass is 19.2. The number of halogens is 2. The van der Waals surface area contributed by atoms with E-state index in [4.69, 9.17) is 15.6 Å². The minimum atomic E-state index is -3.91. The van der Waals surface area contributed by atoms with E-state index in [1.165, 1.54) is 0 Å². The standard InChI is InChI=1S/C19H32F2N2O8/c1-3-4-5-6-7-8-12(26)30-9-11(25)15(27)16-14(23-10(2)24)13(22)17(20)19(21,31-16)18(28)29/h11,13-17,25,27H,3-9,22H2,1-2H3,(H,23,24)(H,28,29)/t11-,13+,14-,15-,16?,17?,19-/m1/s1. The van der Waals surface area contributed by atoms with Crippen molar-refractivity contribution in [2.45, 2.75) is 94.8 Å². The van der Waals surface area contributed by atoms with E-state index in [0.717, 1.165) is 32.6 Å². The number of carbonyl (C=O) groups excluding carboxylic acids is 2. The molecule has 0 spiro atoms. The Hall–Kier alpha value is -1.89. The second kappa shape index (κ2) is 12.2. The average Bonchev–Trinajstić information content (AvgIpc) is 2.71. The van der Waals surface area contributed by atoms with Gasteiger partial charge in [0.05, 0.1) is 12.1 Å². The SMILES string of the molecule is CCCCCCCC(=O)OC[C@@H](O)[C@@H](O)C1O[C@@](F)(C(=O)O)C(F)[C@@H](N)[C@H]1NC(C)=O. The highest BCUT2D eigenvalue weighted by Crippen LogP contribution is 2.35. The van der Waals surface area contributed by atoms with Crippen LogP contribution in [0.3, 0.4) is 0 Å². The summed E-state index contributed by atoms with van der Waals surface area (Å²) in [6.07, 6.45) is -4.11. The molecule has 0 aromatic heterocycles. The van der Waals surface area contributed by atoms with Gasteiger partial charge in [0, 0.05) is 13.3 Å². The van der Waals surface area contributed by atoms with Gasteiger partial charge in [-0.15, -0.1) is 0 Å². The van der Waals surface area contributed by atoms with Gasteiger partial charge in [-0.2, -0.15) is 4.39 Å². The molecular weight excluding hydrogens is 422 g/mol. The molecule has 1 rings (SSSR count). The van der Waals surface area contributed by atoms with Crippen molar-refractivity contribution in [3.63, 3.8) is 0 Å². The molecule has 1 saturated heterocycles. The summed E-state index contributed by atoms with van der Waals surface area (Å²) in [5.74, 6) is -7.59. The number of esters is 1. The number of aliphatic hydroxyl groups excluding tert-OH is 2. The average molecular weight is 454 g/mol. The number of carbonyl (C=O) groups is 3. The third-order valence-electron chi connectivity index (χ3n) is 5.06. The fourth-order valence-electron chi connectivity index (χ4n) is 3.29. The fraction of sp³-hybridized carbons (Fsp3) is 0.842. The van der Waals surface area contributed by atoms with Crippen LogP contribution in [0.4, 0.5) is 8.78 Å². The number of carboxylic acids is 1. The van der Waals surface area contributed by atoms with E-state index >= 15 is 0 Å². The van der Waals surface area contributed by atoms with Crippen LogP contribution < -0.4 is 11.1 Å². The third kappa shape index (κ3) is 7.34. The monoisotopic (exact) mass is 454 g/mol. The lowest BCUT2D eigenvalue weighted by Gasteiger charge is -2.45. The summed E-state index contributed by atoms with van der Waals surface area (Å²) in [6.45, 7) is 2.39. The zero-order chi connectivity index (χ0) is 23.8. The molecule has 2 unspecified atom stereocenters. The normalized spacial score (nSPS) is 30.3. The third-order valence-corrected chi connectivity index (χ3v) is 5.06. The first-order chi connectivity index (χ1) is 14.5. The van der Waals surface area contributed by atoms with E-state index in [9.17, 15) is 33.4 Å². The second-order valence-corrected chi connectivity index (χ2v) is 7.64. The number of nitrogens with one attached hydrogen (secondary N) is 1. The van der Waals surface area contributed by atoms with Crippen LogP contribution in [0.1, 0.15) is 52.4 Å². The zero-order valence-electron chi connectivity index (χ0n) is 17.6. The number of alkyl halides is 2. The molecule has 1 aliphatic rings. The van der Waals surface area contributed by atoms with Gasteiger partial charge in [-0.3, -0.25) is 9.59 Å². The molecule has 0 aromatic rings. The Morgan fingerprint density at radius 3 is 2.39 bits per heavy atom. The molecule has 1 amide bonds. The lowest BCUT2D eigenvalue weighted by Crippen LogP contribution is -2.73. The van der Waals surface area contributed by atoms with Crippen molar-refractivity contribution in [1.82, 2.24) is 5.32 Å². The molecule has 7 atom stereocenters. The Balaban J connectivity index is 2.78. The summed E-state index contributed by atoms with van der Waals surface area (Å²) in [4.78, 5) is 34.4. The summed E-state index contributed by atoms with van der Waals surface area (Å²) in [6, 6.07) is -3.47. The van der Waals surface area contributed by atoms with E-state index in [-0.39, 0.29) is 6.42 Å². The number of ether oxygens (including phenoxy) is 2. The first-order valence-electron chi connectivity index (χ1n) is 10.2. The number of hydrogen-bond donors (Lipinski definition) is 5. The summed E-state index contributed by atoms with van der Waals surface area (Å²) in [5, 5.41) is 31.7. The van der Waals surface area contributed by atoms with Crippen molar-refractivity contribution in [2.24, 2.45) is 5.73 Å². The number of nitrogens with two attached hydrogens (primary N) is 1. The van der Waals surface area contributed by atoms with Crippen LogP contribution in [0.2, 0.25) is 0 Å². The molecule has 180 valence electrons. The summed E-state index contributed by atoms with van der Waals surface area (Å²) < 4.78 is 38.4. The number of unbranched alkanes of at least 4 members (excludes halogenated alkanes) is 4. The molecule has 31 heavy (non-hydrogen) atoms. The smallest absolute Gasteiger partial charge is 0.372 e. The number of aliphatic hydroxyl groups is 2. The van der Waals surface area contributed by atoms with Crippen LogP contribution in [0.15, 0.2) is 0 Å². The van der Waals surface area contributed by atoms with Gasteiger partial charge < -0.3 is 35.8 Å². The zero-order valence-corrected chi connectivity index (χ0v) is 17.6. The van der Waals surface area contributed by atoms with E-state index in [1.54, 1.807) is 0 Å². The minimum Gasteiger partial charge on any atom is -0.477 e. The van der Waals surface area contributed by atoms with Crippen LogP contribution >= 0.6 is 0 Å². The van der Waals surface area contributed by atoms with E-state index in [2.05, 4.69) is 17.0 Å². The Kier molecular flexibility index (Phi) is 10.7. The van der Waals surface area contributed by atoms with Crippen molar-refractivity contribution in [2.75, 3.05) is 6.61 Å². The quantitative estimate of drug-likeness (QED) is 0.200. The Morgan fingerprint density at radius 1 is 1.23 bits per heavy atom. The molecule has 0 bridgehead atoms. The summed E-state index contributed by atoms with van der Waals surface area (Å²) in [5.41, 5.74) is 5.57. The highest BCUT2D eigenvalue weighted by molar-refractivity contribution is 5.77. The topological polar surface area (TPSA) is 168 Å². The summed E-state index contributed by atoms with van der Waals surface area (Å²) >= 11 is 0. The van der Waals surface area contributed by atoms with Gasteiger partial charge in [-0.25, -0.2) is 9.18 Å². The van der Waals surface area contributed by atoms with Crippen LogP contribution in [-0.2, 0) is 23.9 Å². The van der Waals surface area contributed by atoms with Gasteiger partial charge in [0.25, 0.3) is 0 Å². The van der Waals surface area contributed by atoms with E-state index < -0.39 is 66.9 Å². The largest absolute Gasteiger partial charge is 0.477 e. The van der Waals surface area contributed by atoms with E-state index in [1.807, 2.05) is 0 Å². The molecule has 12 heteroatoms. The van der Waals surface area contributed by atoms with E-state index in [0.29, 0.717) is 6.42 Å². The van der Waals surface area contributed by atoms with Crippen LogP contribution in [-0.4, -0.2) is 82.2 Å². The van der Waals surface area contributed by atoms with Gasteiger partial charge >= 0.3 is 17.8 Å². The fourth-order valence-corrected chi connectivity index (χ4v) is 3.29. The first kappa shape index (κ1) is 27.1. The number of carboxylic acid groups (broad SMARTS) is 1. The number of rotatable bonds is 12. The highest BCUT2D eigenvalue weighted by Gasteiger charge is 2.62. The number of aliphatic carboxylic acids is 1. The van der Waals surface area contributed by atoms with Crippen molar-refractivity contribution >= 4 is 17.8 Å². The van der Waals surface area contributed by atoms with Crippen molar-refractivity contribution in [3.05, 3.63) is 0 Å². The molecule has 0 aliphatic carbocycles. The molecule has 6 N–H and O–H groups in total. The Bertz CT molecular complexity index is 626. The van der Waals surface area contributed by atoms with Gasteiger partial charge in [0.1, 0.15) is 24.9 Å². The van der Waals surface area contributed by atoms with Gasteiger partial charge in [0.2, 0.25) is 5.91 Å². The van der Waals surface area contributed by atoms with Crippen LogP contribution in [0, 0.1) is 0 Å². The molecule has 10 nitrogen and oxygen atoms in total. The maximum absolute atomic E-state index is 14.6. The first-order valence-corrected chi connectivity index (χ1v) is 10.2. The summed E-state index contributed by atoms with van der Waals surface area (Å²) in [7, 11) is 0. The predicted octanol–water partition coefficient (Wildman–Crippen LogP) is -0.0688. The van der Waals surface area contributed by atoms with Crippen LogP contribution in [0.5, 0.6) is 0 Å². The molecular formula is C19H32F2N2O8. The van der Waals surface area contributed by atoms with Crippen molar-refractivity contribution in [3.8, 4) is 0 Å². The lowest BCUT2D eigenvalue weighted by molar-refractivity contribution is -0.276.